The topological polar surface area (TPSA) is 26.0 Å². The number of rotatable bonds is 3. The third kappa shape index (κ3) is 3.80. The first kappa shape index (κ1) is 13.6. The summed E-state index contributed by atoms with van der Waals surface area (Å²) < 4.78 is 1.21. The quantitative estimate of drug-likeness (QED) is 0.764. The molecule has 1 aromatic rings. The second-order valence-corrected chi connectivity index (χ2v) is 7.90. The lowest BCUT2D eigenvalue weighted by Crippen LogP contribution is -2.15. The molecule has 1 heterocycles. The van der Waals surface area contributed by atoms with Crippen molar-refractivity contribution in [3.8, 4) is 0 Å². The van der Waals surface area contributed by atoms with Gasteiger partial charge in [-0.05, 0) is 46.8 Å². The van der Waals surface area contributed by atoms with E-state index in [0.29, 0.717) is 0 Å². The van der Waals surface area contributed by atoms with E-state index in [1.165, 1.54) is 59.2 Å². The number of halogens is 1. The van der Waals surface area contributed by atoms with E-state index in [1.54, 1.807) is 11.3 Å². The number of thiophene rings is 1. The van der Waals surface area contributed by atoms with Gasteiger partial charge < -0.3 is 5.73 Å². The highest BCUT2D eigenvalue weighted by Gasteiger charge is 2.19. The van der Waals surface area contributed by atoms with Gasteiger partial charge in [-0.3, -0.25) is 0 Å². The fraction of sp³-hybridized carbons (Fsp3) is 0.714. The number of aryl methyl sites for hydroxylation is 1. The number of hydrogen-bond donors (Lipinski definition) is 1. The van der Waals surface area contributed by atoms with E-state index in [-0.39, 0.29) is 6.04 Å². The molecule has 17 heavy (non-hydrogen) atoms. The minimum Gasteiger partial charge on any atom is -0.324 e. The molecule has 1 aromatic heterocycles. The van der Waals surface area contributed by atoms with Crippen LogP contribution in [0.5, 0.6) is 0 Å². The molecule has 0 radical (unpaired) electrons. The van der Waals surface area contributed by atoms with Crippen molar-refractivity contribution in [2.45, 2.75) is 57.9 Å². The molecule has 1 nitrogen and oxygen atoms in total. The summed E-state index contributed by atoms with van der Waals surface area (Å²) in [7, 11) is 0. The minimum atomic E-state index is 0.237. The highest BCUT2D eigenvalue weighted by Crippen LogP contribution is 2.35. The van der Waals surface area contributed by atoms with E-state index in [1.807, 2.05) is 0 Å². The maximum atomic E-state index is 6.38. The molecule has 1 aliphatic carbocycles. The lowest BCUT2D eigenvalue weighted by atomic mass is 9.90. The fourth-order valence-corrected chi connectivity index (χ4v) is 4.69. The Hall–Kier alpha value is 0.140. The molecule has 0 saturated heterocycles. The van der Waals surface area contributed by atoms with Gasteiger partial charge in [0.15, 0.2) is 0 Å². The Bertz CT molecular complexity index is 353. The molecule has 1 unspecified atom stereocenters. The fourth-order valence-electron chi connectivity index (χ4n) is 2.91. The monoisotopic (exact) mass is 315 g/mol. The summed E-state index contributed by atoms with van der Waals surface area (Å²) in [5.74, 6) is 0.852. The van der Waals surface area contributed by atoms with E-state index in [4.69, 9.17) is 5.73 Å². The average molecular weight is 316 g/mol. The lowest BCUT2D eigenvalue weighted by Gasteiger charge is -2.19. The summed E-state index contributed by atoms with van der Waals surface area (Å²) in [6, 6.07) is 2.45. The highest BCUT2D eigenvalue weighted by molar-refractivity contribution is 9.11. The molecule has 1 fully saturated rings. The molecule has 0 amide bonds. The van der Waals surface area contributed by atoms with Crippen molar-refractivity contribution in [3.05, 3.63) is 20.3 Å². The van der Waals surface area contributed by atoms with Gasteiger partial charge in [0, 0.05) is 10.9 Å². The standard InChI is InChI=1S/C14H22BrNS/c1-10-12(9-14(15)17-10)13(16)8-11-6-4-2-3-5-7-11/h9,11,13H,2-8,16H2,1H3. The molecule has 96 valence electrons. The van der Waals surface area contributed by atoms with Crippen molar-refractivity contribution in [1.82, 2.24) is 0 Å². The lowest BCUT2D eigenvalue weighted by molar-refractivity contribution is 0.392. The minimum absolute atomic E-state index is 0.237. The van der Waals surface area contributed by atoms with E-state index < -0.39 is 0 Å². The maximum absolute atomic E-state index is 6.38. The van der Waals surface area contributed by atoms with Crippen LogP contribution in [-0.2, 0) is 0 Å². The van der Waals surface area contributed by atoms with Crippen LogP contribution < -0.4 is 5.73 Å². The molecule has 2 N–H and O–H groups in total. The molecule has 1 aliphatic rings. The normalized spacial score (nSPS) is 20.2. The molecule has 0 spiro atoms. The maximum Gasteiger partial charge on any atom is 0.0704 e. The van der Waals surface area contributed by atoms with Gasteiger partial charge >= 0.3 is 0 Å². The Kier molecular flexibility index (Phi) is 5.07. The molecular formula is C14H22BrNS. The molecule has 1 atom stereocenters. The zero-order chi connectivity index (χ0) is 12.3. The van der Waals surface area contributed by atoms with Crippen molar-refractivity contribution in [2.75, 3.05) is 0 Å². The van der Waals surface area contributed by atoms with E-state index in [9.17, 15) is 0 Å². The van der Waals surface area contributed by atoms with Crippen LogP contribution >= 0.6 is 27.3 Å². The molecule has 2 rings (SSSR count). The van der Waals surface area contributed by atoms with Gasteiger partial charge in [0.1, 0.15) is 0 Å². The summed E-state index contributed by atoms with van der Waals surface area (Å²) in [6.45, 7) is 2.18. The van der Waals surface area contributed by atoms with Gasteiger partial charge in [0.25, 0.3) is 0 Å². The Labute approximate surface area is 117 Å². The third-order valence-electron chi connectivity index (χ3n) is 3.89. The average Bonchev–Trinajstić information content (AvgIpc) is 2.51. The summed E-state index contributed by atoms with van der Waals surface area (Å²) in [4.78, 5) is 1.37. The molecule has 3 heteroatoms. The van der Waals surface area contributed by atoms with Gasteiger partial charge in [0.2, 0.25) is 0 Å². The smallest absolute Gasteiger partial charge is 0.0704 e. The first-order valence-corrected chi connectivity index (χ1v) is 8.29. The summed E-state index contributed by atoms with van der Waals surface area (Å²) in [5, 5.41) is 0. The zero-order valence-electron chi connectivity index (χ0n) is 10.5. The van der Waals surface area contributed by atoms with Crippen LogP contribution in [0.25, 0.3) is 0 Å². The predicted molar refractivity (Wildman–Crippen MR) is 79.5 cm³/mol. The third-order valence-corrected chi connectivity index (χ3v) is 5.46. The molecule has 0 aromatic carbocycles. The van der Waals surface area contributed by atoms with Gasteiger partial charge in [-0.15, -0.1) is 11.3 Å². The van der Waals surface area contributed by atoms with Crippen LogP contribution in [-0.4, -0.2) is 0 Å². The first-order valence-electron chi connectivity index (χ1n) is 6.68. The Morgan fingerprint density at radius 2 is 2.00 bits per heavy atom. The summed E-state index contributed by atoms with van der Waals surface area (Å²) in [6.07, 6.45) is 9.61. The van der Waals surface area contributed by atoms with Crippen LogP contribution in [0.15, 0.2) is 9.85 Å². The molecule has 1 saturated carbocycles. The van der Waals surface area contributed by atoms with Gasteiger partial charge in [-0.25, -0.2) is 0 Å². The molecule has 0 bridgehead atoms. The van der Waals surface area contributed by atoms with Gasteiger partial charge in [0.05, 0.1) is 3.79 Å². The van der Waals surface area contributed by atoms with Crippen molar-refractivity contribution < 1.29 is 0 Å². The SMILES string of the molecule is Cc1sc(Br)cc1C(N)CC1CCCCCC1. The Morgan fingerprint density at radius 1 is 1.35 bits per heavy atom. The number of hydrogen-bond acceptors (Lipinski definition) is 2. The Balaban J connectivity index is 1.95. The van der Waals surface area contributed by atoms with Crippen molar-refractivity contribution in [3.63, 3.8) is 0 Å². The van der Waals surface area contributed by atoms with E-state index >= 15 is 0 Å². The van der Waals surface area contributed by atoms with Crippen LogP contribution in [0.1, 0.15) is 61.4 Å². The van der Waals surface area contributed by atoms with Gasteiger partial charge in [-0.1, -0.05) is 38.5 Å². The largest absolute Gasteiger partial charge is 0.324 e. The van der Waals surface area contributed by atoms with Gasteiger partial charge in [-0.2, -0.15) is 0 Å². The van der Waals surface area contributed by atoms with Crippen LogP contribution in [0.3, 0.4) is 0 Å². The summed E-state index contributed by atoms with van der Waals surface area (Å²) in [5.41, 5.74) is 7.73. The van der Waals surface area contributed by atoms with Crippen molar-refractivity contribution in [2.24, 2.45) is 11.7 Å². The summed E-state index contributed by atoms with van der Waals surface area (Å²) >= 11 is 5.35. The van der Waals surface area contributed by atoms with Crippen LogP contribution in [0.4, 0.5) is 0 Å². The predicted octanol–water partition coefficient (Wildman–Crippen LogP) is 5.18. The molecule has 0 aliphatic heterocycles. The first-order chi connectivity index (χ1) is 8.16. The van der Waals surface area contributed by atoms with Crippen LogP contribution in [0, 0.1) is 12.8 Å². The Morgan fingerprint density at radius 3 is 2.53 bits per heavy atom. The van der Waals surface area contributed by atoms with E-state index in [0.717, 1.165) is 5.92 Å². The second-order valence-electron chi connectivity index (χ2n) is 5.26. The van der Waals surface area contributed by atoms with Crippen LogP contribution in [0.2, 0.25) is 0 Å². The van der Waals surface area contributed by atoms with Crippen molar-refractivity contribution in [1.29, 1.82) is 0 Å². The number of nitrogens with two attached hydrogens (primary N) is 1. The highest BCUT2D eigenvalue weighted by atomic mass is 79.9. The second kappa shape index (κ2) is 6.35. The molecular weight excluding hydrogens is 294 g/mol. The van der Waals surface area contributed by atoms with E-state index in [2.05, 4.69) is 28.9 Å². The van der Waals surface area contributed by atoms with Crippen molar-refractivity contribution >= 4 is 27.3 Å². The zero-order valence-corrected chi connectivity index (χ0v) is 12.9.